The Hall–Kier alpha value is -6.69. The Morgan fingerprint density at radius 1 is 0.404 bits per heavy atom. The molecule has 5 heteroatoms. The summed E-state index contributed by atoms with van der Waals surface area (Å²) in [5, 5.41) is 6.80. The van der Waals surface area contributed by atoms with Gasteiger partial charge >= 0.3 is 0 Å². The average Bonchev–Trinajstić information content (AvgIpc) is 3.73. The monoisotopic (exact) mass is 680 g/mol. The van der Waals surface area contributed by atoms with E-state index in [-0.39, 0.29) is 0 Å². The minimum absolute atomic E-state index is 0.651. The maximum Gasteiger partial charge on any atom is 0.183 e. The van der Waals surface area contributed by atoms with Crippen molar-refractivity contribution in [3.63, 3.8) is 0 Å². The summed E-state index contributed by atoms with van der Waals surface area (Å²) in [6, 6.07) is 69.4. The summed E-state index contributed by atoms with van der Waals surface area (Å²) in [4.78, 5) is 15.3. The Balaban J connectivity index is 1.32. The zero-order valence-electron chi connectivity index (χ0n) is 28.3. The number of hydrogen-bond donors (Lipinski definition) is 0. The Morgan fingerprint density at radius 3 is 1.42 bits per heavy atom. The minimum Gasteiger partial charge on any atom is -0.309 e. The molecule has 3 heterocycles. The molecule has 4 nitrogen and oxygen atoms in total. The molecule has 0 atom stereocenters. The molecule has 1 aliphatic rings. The van der Waals surface area contributed by atoms with Gasteiger partial charge in [0.2, 0.25) is 0 Å². The summed E-state index contributed by atoms with van der Waals surface area (Å²) in [6.45, 7) is 0. The van der Waals surface area contributed by atoms with Gasteiger partial charge in [-0.15, -0.1) is 0 Å². The van der Waals surface area contributed by atoms with E-state index < -0.39 is 8.07 Å². The molecule has 0 N–H and O–H groups in total. The van der Waals surface area contributed by atoms with Crippen LogP contribution in [0.5, 0.6) is 0 Å². The smallest absolute Gasteiger partial charge is 0.183 e. The Kier molecular flexibility index (Phi) is 7.11. The molecule has 0 saturated carbocycles. The highest BCUT2D eigenvalue weighted by atomic mass is 28.3. The van der Waals surface area contributed by atoms with Gasteiger partial charge in [0, 0.05) is 27.8 Å². The van der Waals surface area contributed by atoms with Crippen molar-refractivity contribution in [2.45, 2.75) is 0 Å². The molecular weight excluding hydrogens is 649 g/mol. The van der Waals surface area contributed by atoms with Gasteiger partial charge in [0.25, 0.3) is 0 Å². The summed E-state index contributed by atoms with van der Waals surface area (Å²) in [5.41, 5.74) is 7.67. The van der Waals surface area contributed by atoms with Gasteiger partial charge in [0.1, 0.15) is 0 Å². The maximum absolute atomic E-state index is 5.14. The van der Waals surface area contributed by atoms with E-state index in [1.807, 2.05) is 36.4 Å². The fraction of sp³-hybridized carbons (Fsp3) is 0. The van der Waals surface area contributed by atoms with Crippen LogP contribution in [0, 0.1) is 0 Å². The molecule has 0 spiro atoms. The summed E-state index contributed by atoms with van der Waals surface area (Å²) in [6.07, 6.45) is 0. The molecule has 9 aromatic rings. The van der Waals surface area contributed by atoms with Crippen molar-refractivity contribution in [1.29, 1.82) is 0 Å². The van der Waals surface area contributed by atoms with Gasteiger partial charge < -0.3 is 4.57 Å². The predicted octanol–water partition coefficient (Wildman–Crippen LogP) is 8.17. The molecular formula is C47H32N4Si. The normalized spacial score (nSPS) is 12.8. The third-order valence-corrected chi connectivity index (χ3v) is 15.2. The lowest BCUT2D eigenvalue weighted by Gasteiger charge is -2.31. The van der Waals surface area contributed by atoms with Crippen molar-refractivity contribution >= 4 is 39.7 Å². The van der Waals surface area contributed by atoms with Crippen LogP contribution in [-0.2, 0) is 0 Å². The van der Waals surface area contributed by atoms with Gasteiger partial charge in [-0.05, 0) is 50.6 Å². The first-order chi connectivity index (χ1) is 25.8. The van der Waals surface area contributed by atoms with E-state index in [1.54, 1.807) is 0 Å². The predicted molar refractivity (Wildman–Crippen MR) is 216 cm³/mol. The van der Waals surface area contributed by atoms with E-state index >= 15 is 0 Å². The van der Waals surface area contributed by atoms with Crippen LogP contribution in [0.25, 0.3) is 62.0 Å². The second kappa shape index (κ2) is 12.3. The molecule has 0 saturated heterocycles. The minimum atomic E-state index is -2.83. The lowest BCUT2D eigenvalue weighted by Crippen LogP contribution is -2.72. The molecule has 52 heavy (non-hydrogen) atoms. The van der Waals surface area contributed by atoms with Crippen molar-refractivity contribution in [2.75, 3.05) is 0 Å². The average molecular weight is 681 g/mol. The third-order valence-electron chi connectivity index (χ3n) is 10.3. The van der Waals surface area contributed by atoms with Crippen molar-refractivity contribution in [1.82, 2.24) is 19.5 Å². The first kappa shape index (κ1) is 30.2. The zero-order valence-corrected chi connectivity index (χ0v) is 29.3. The van der Waals surface area contributed by atoms with E-state index in [0.717, 1.165) is 22.4 Å². The van der Waals surface area contributed by atoms with E-state index in [1.165, 1.54) is 42.9 Å². The fourth-order valence-electron chi connectivity index (χ4n) is 8.14. The molecule has 1 aliphatic heterocycles. The van der Waals surface area contributed by atoms with Gasteiger partial charge in [0.15, 0.2) is 25.5 Å². The van der Waals surface area contributed by atoms with Gasteiger partial charge in [0.05, 0.1) is 11.2 Å². The number of rotatable bonds is 6. The number of aromatic nitrogens is 4. The van der Waals surface area contributed by atoms with E-state index in [0.29, 0.717) is 17.5 Å². The van der Waals surface area contributed by atoms with Crippen LogP contribution in [0.2, 0.25) is 0 Å². The van der Waals surface area contributed by atoms with Crippen molar-refractivity contribution < 1.29 is 0 Å². The van der Waals surface area contributed by atoms with Crippen LogP contribution < -0.4 is 20.7 Å². The van der Waals surface area contributed by atoms with Crippen LogP contribution in [0.3, 0.4) is 0 Å². The van der Waals surface area contributed by atoms with Crippen LogP contribution in [0.4, 0.5) is 0 Å². The third kappa shape index (κ3) is 4.64. The molecule has 0 amide bonds. The first-order valence-corrected chi connectivity index (χ1v) is 19.6. The summed E-state index contributed by atoms with van der Waals surface area (Å²) >= 11 is 0. The summed E-state index contributed by atoms with van der Waals surface area (Å²) in [7, 11) is -2.83. The number of nitrogens with zero attached hydrogens (tertiary/aromatic N) is 4. The van der Waals surface area contributed by atoms with Crippen molar-refractivity contribution in [3.8, 4) is 51.1 Å². The van der Waals surface area contributed by atoms with Gasteiger partial charge in [-0.1, -0.05) is 170 Å². The molecule has 0 radical (unpaired) electrons. The molecule has 0 aliphatic carbocycles. The Labute approximate surface area is 303 Å². The zero-order chi connectivity index (χ0) is 34.5. The standard InChI is InChI=1S/C47H32N4Si/c1-6-18-33(19-7-1)45-48-46(34-20-8-2-9-21-34)50-47(49-45)35-30-31-42-40(32-35)43-44(39-28-16-17-29-41(39)51(43)36-22-10-3-11-23-36)52(42,37-24-12-4-13-25-37)38-26-14-5-15-27-38/h1-32H. The van der Waals surface area contributed by atoms with E-state index in [2.05, 4.69) is 162 Å². The highest BCUT2D eigenvalue weighted by Gasteiger charge is 2.51. The van der Waals surface area contributed by atoms with Gasteiger partial charge in [-0.2, -0.15) is 0 Å². The molecule has 0 unspecified atom stereocenters. The lowest BCUT2D eigenvalue weighted by atomic mass is 10.1. The fourth-order valence-corrected chi connectivity index (χ4v) is 13.5. The number of hydrogen-bond acceptors (Lipinski definition) is 3. The first-order valence-electron chi connectivity index (χ1n) is 17.6. The van der Waals surface area contributed by atoms with Crippen LogP contribution >= 0.6 is 0 Å². The van der Waals surface area contributed by atoms with Crippen molar-refractivity contribution in [3.05, 3.63) is 194 Å². The largest absolute Gasteiger partial charge is 0.309 e. The SMILES string of the molecule is c1ccc(-c2nc(-c3ccccc3)nc(-c3ccc4c(c3)-c3c(c5ccccc5n3-c3ccccc3)[Si]4(c3ccccc3)c3ccccc3)n2)cc1. The summed E-state index contributed by atoms with van der Waals surface area (Å²) in [5.74, 6) is 1.96. The van der Waals surface area contributed by atoms with E-state index in [9.17, 15) is 0 Å². The summed E-state index contributed by atoms with van der Waals surface area (Å²) < 4.78 is 2.48. The molecule has 7 aromatic carbocycles. The number of fused-ring (bicyclic) bond motifs is 5. The maximum atomic E-state index is 5.14. The second-order valence-electron chi connectivity index (χ2n) is 13.2. The van der Waals surface area contributed by atoms with Gasteiger partial charge in [-0.25, -0.2) is 15.0 Å². The highest BCUT2D eigenvalue weighted by molar-refractivity contribution is 7.23. The highest BCUT2D eigenvalue weighted by Crippen LogP contribution is 2.39. The number of para-hydroxylation sites is 2. The Bertz CT molecular complexity index is 2610. The van der Waals surface area contributed by atoms with Gasteiger partial charge in [-0.3, -0.25) is 0 Å². The quantitative estimate of drug-likeness (QED) is 0.167. The van der Waals surface area contributed by atoms with Crippen molar-refractivity contribution in [2.24, 2.45) is 0 Å². The number of benzene rings is 7. The van der Waals surface area contributed by atoms with Crippen LogP contribution in [-0.4, -0.2) is 27.6 Å². The molecule has 0 bridgehead atoms. The Morgan fingerprint density at radius 2 is 0.865 bits per heavy atom. The van der Waals surface area contributed by atoms with Crippen LogP contribution in [0.1, 0.15) is 0 Å². The lowest BCUT2D eigenvalue weighted by molar-refractivity contribution is 1.07. The second-order valence-corrected chi connectivity index (χ2v) is 16.9. The molecule has 2 aromatic heterocycles. The van der Waals surface area contributed by atoms with Crippen LogP contribution in [0.15, 0.2) is 194 Å². The van der Waals surface area contributed by atoms with E-state index in [4.69, 9.17) is 15.0 Å². The molecule has 10 rings (SSSR count). The molecule has 0 fully saturated rings. The molecule has 244 valence electrons. The topological polar surface area (TPSA) is 43.6 Å².